The van der Waals surface area contributed by atoms with Crippen LogP contribution < -0.4 is 5.32 Å². The number of anilines is 1. The van der Waals surface area contributed by atoms with Gasteiger partial charge in [-0.3, -0.25) is 0 Å². The third-order valence-electron chi connectivity index (χ3n) is 2.13. The topological polar surface area (TPSA) is 62.2 Å². The van der Waals surface area contributed by atoms with Crippen LogP contribution in [0.25, 0.3) is 0 Å². The number of halogens is 1. The molecule has 4 nitrogen and oxygen atoms in total. The molecule has 2 N–H and O–H groups in total. The Hall–Kier alpha value is -1.59. The molecular formula is C11H9ClN2O2S. The number of carbonyl (C=O) groups is 1. The Morgan fingerprint density at radius 3 is 3.00 bits per heavy atom. The van der Waals surface area contributed by atoms with E-state index in [-0.39, 0.29) is 5.56 Å². The Bertz CT molecular complexity index is 528. The first-order chi connectivity index (χ1) is 8.16. The molecule has 0 aliphatic carbocycles. The Morgan fingerprint density at radius 1 is 1.53 bits per heavy atom. The molecule has 88 valence electrons. The van der Waals surface area contributed by atoms with Crippen LogP contribution in [0.1, 0.15) is 15.4 Å². The van der Waals surface area contributed by atoms with Crippen LogP contribution in [0.2, 0.25) is 5.02 Å². The van der Waals surface area contributed by atoms with Gasteiger partial charge in [-0.05, 0) is 18.2 Å². The van der Waals surface area contributed by atoms with Crippen molar-refractivity contribution >= 4 is 34.6 Å². The molecule has 0 spiro atoms. The fraction of sp³-hybridized carbons (Fsp3) is 0.0909. The highest BCUT2D eigenvalue weighted by Gasteiger charge is 2.10. The molecule has 0 unspecified atom stereocenters. The SMILES string of the molecule is O=C(O)c1cc(Cl)ccc1NCc1nccs1. The molecule has 1 aromatic carbocycles. The maximum absolute atomic E-state index is 11.0. The molecule has 2 rings (SSSR count). The third kappa shape index (κ3) is 2.95. The van der Waals surface area contributed by atoms with E-state index < -0.39 is 5.97 Å². The van der Waals surface area contributed by atoms with E-state index in [9.17, 15) is 4.79 Å². The van der Waals surface area contributed by atoms with Gasteiger partial charge in [-0.25, -0.2) is 9.78 Å². The van der Waals surface area contributed by atoms with E-state index in [1.54, 1.807) is 18.3 Å². The lowest BCUT2D eigenvalue weighted by Crippen LogP contribution is -2.06. The number of carboxylic acids is 1. The lowest BCUT2D eigenvalue weighted by atomic mass is 10.2. The predicted octanol–water partition coefficient (Wildman–Crippen LogP) is 3.11. The van der Waals surface area contributed by atoms with Crippen LogP contribution in [-0.2, 0) is 6.54 Å². The number of hydrogen-bond acceptors (Lipinski definition) is 4. The molecular weight excluding hydrogens is 260 g/mol. The summed E-state index contributed by atoms with van der Waals surface area (Å²) in [5, 5.41) is 15.2. The molecule has 0 radical (unpaired) electrons. The minimum absolute atomic E-state index is 0.161. The summed E-state index contributed by atoms with van der Waals surface area (Å²) in [7, 11) is 0. The van der Waals surface area contributed by atoms with Crippen molar-refractivity contribution in [3.8, 4) is 0 Å². The van der Waals surface area contributed by atoms with Crippen LogP contribution >= 0.6 is 22.9 Å². The van der Waals surface area contributed by atoms with Crippen LogP contribution in [-0.4, -0.2) is 16.1 Å². The van der Waals surface area contributed by atoms with Crippen LogP contribution in [0.4, 0.5) is 5.69 Å². The molecule has 1 aromatic heterocycles. The predicted molar refractivity (Wildman–Crippen MR) is 67.9 cm³/mol. The summed E-state index contributed by atoms with van der Waals surface area (Å²) < 4.78 is 0. The molecule has 0 saturated heterocycles. The molecule has 0 aliphatic heterocycles. The minimum atomic E-state index is -1.01. The Morgan fingerprint density at radius 2 is 2.35 bits per heavy atom. The second kappa shape index (κ2) is 5.16. The number of hydrogen-bond donors (Lipinski definition) is 2. The van der Waals surface area contributed by atoms with E-state index in [0.717, 1.165) is 5.01 Å². The maximum atomic E-state index is 11.0. The molecule has 1 heterocycles. The molecule has 0 amide bonds. The lowest BCUT2D eigenvalue weighted by molar-refractivity contribution is 0.0698. The molecule has 2 aromatic rings. The van der Waals surface area contributed by atoms with E-state index in [1.807, 2.05) is 5.38 Å². The van der Waals surface area contributed by atoms with Crippen LogP contribution in [0.3, 0.4) is 0 Å². The highest BCUT2D eigenvalue weighted by atomic mass is 35.5. The number of rotatable bonds is 4. The summed E-state index contributed by atoms with van der Waals surface area (Å²) in [5.41, 5.74) is 0.700. The number of thiazole rings is 1. The summed E-state index contributed by atoms with van der Waals surface area (Å²) in [6.45, 7) is 0.500. The number of carboxylic acid groups (broad SMARTS) is 1. The summed E-state index contributed by atoms with van der Waals surface area (Å²) in [4.78, 5) is 15.1. The second-order valence-electron chi connectivity index (χ2n) is 3.27. The van der Waals surface area contributed by atoms with E-state index in [4.69, 9.17) is 16.7 Å². The summed E-state index contributed by atoms with van der Waals surface area (Å²) in [6, 6.07) is 4.73. The first kappa shape index (κ1) is 11.9. The van der Waals surface area contributed by atoms with Gasteiger partial charge < -0.3 is 10.4 Å². The van der Waals surface area contributed by atoms with Gasteiger partial charge in [0.15, 0.2) is 0 Å². The van der Waals surface area contributed by atoms with Crippen molar-refractivity contribution in [3.05, 3.63) is 45.4 Å². The first-order valence-electron chi connectivity index (χ1n) is 4.82. The number of benzene rings is 1. The van der Waals surface area contributed by atoms with Crippen LogP contribution in [0.15, 0.2) is 29.8 Å². The van der Waals surface area contributed by atoms with Crippen LogP contribution in [0.5, 0.6) is 0 Å². The summed E-state index contributed by atoms with van der Waals surface area (Å²) >= 11 is 7.27. The first-order valence-corrected chi connectivity index (χ1v) is 6.07. The largest absolute Gasteiger partial charge is 0.478 e. The Balaban J connectivity index is 2.17. The van der Waals surface area contributed by atoms with Crippen molar-refractivity contribution in [2.75, 3.05) is 5.32 Å². The van der Waals surface area contributed by atoms with Gasteiger partial charge >= 0.3 is 5.97 Å². The van der Waals surface area contributed by atoms with Gasteiger partial charge in [0.05, 0.1) is 12.1 Å². The molecule has 0 atom stereocenters. The van der Waals surface area contributed by atoms with Gasteiger partial charge in [0.1, 0.15) is 5.01 Å². The average Bonchev–Trinajstić information content (AvgIpc) is 2.80. The van der Waals surface area contributed by atoms with E-state index in [1.165, 1.54) is 17.4 Å². The van der Waals surface area contributed by atoms with Gasteiger partial charge in [0.2, 0.25) is 0 Å². The number of aromatic nitrogens is 1. The lowest BCUT2D eigenvalue weighted by Gasteiger charge is -2.08. The highest BCUT2D eigenvalue weighted by Crippen LogP contribution is 2.21. The van der Waals surface area contributed by atoms with Gasteiger partial charge in [-0.15, -0.1) is 11.3 Å². The van der Waals surface area contributed by atoms with Crippen molar-refractivity contribution in [1.29, 1.82) is 0 Å². The normalized spacial score (nSPS) is 10.2. The van der Waals surface area contributed by atoms with Crippen molar-refractivity contribution in [1.82, 2.24) is 4.98 Å². The zero-order chi connectivity index (χ0) is 12.3. The number of nitrogens with zero attached hydrogens (tertiary/aromatic N) is 1. The van der Waals surface area contributed by atoms with Crippen molar-refractivity contribution in [2.24, 2.45) is 0 Å². The summed E-state index contributed by atoms with van der Waals surface area (Å²) in [6.07, 6.45) is 1.71. The Kier molecular flexibility index (Phi) is 3.61. The molecule has 0 aliphatic rings. The van der Waals surface area contributed by atoms with Crippen molar-refractivity contribution in [3.63, 3.8) is 0 Å². The van der Waals surface area contributed by atoms with E-state index >= 15 is 0 Å². The van der Waals surface area contributed by atoms with Gasteiger partial charge in [-0.1, -0.05) is 11.6 Å². The maximum Gasteiger partial charge on any atom is 0.337 e. The average molecular weight is 269 g/mol. The number of aromatic carboxylic acids is 1. The molecule has 0 saturated carbocycles. The van der Waals surface area contributed by atoms with Gasteiger partial charge in [0, 0.05) is 22.3 Å². The number of nitrogens with one attached hydrogen (secondary N) is 1. The summed E-state index contributed by atoms with van der Waals surface area (Å²) in [5.74, 6) is -1.01. The van der Waals surface area contributed by atoms with E-state index in [0.29, 0.717) is 17.3 Å². The highest BCUT2D eigenvalue weighted by molar-refractivity contribution is 7.09. The standard InChI is InChI=1S/C11H9ClN2O2S/c12-7-1-2-9(8(5-7)11(15)16)14-6-10-13-3-4-17-10/h1-5,14H,6H2,(H,15,16). The fourth-order valence-corrected chi connectivity index (χ4v) is 2.09. The van der Waals surface area contributed by atoms with E-state index in [2.05, 4.69) is 10.3 Å². The van der Waals surface area contributed by atoms with Gasteiger partial charge in [-0.2, -0.15) is 0 Å². The molecule has 6 heteroatoms. The minimum Gasteiger partial charge on any atom is -0.478 e. The molecule has 17 heavy (non-hydrogen) atoms. The fourth-order valence-electron chi connectivity index (χ4n) is 1.36. The zero-order valence-electron chi connectivity index (χ0n) is 8.68. The van der Waals surface area contributed by atoms with Crippen molar-refractivity contribution < 1.29 is 9.90 Å². The molecule has 0 fully saturated rings. The zero-order valence-corrected chi connectivity index (χ0v) is 10.3. The van der Waals surface area contributed by atoms with Crippen molar-refractivity contribution in [2.45, 2.75) is 6.54 Å². The smallest absolute Gasteiger partial charge is 0.337 e. The Labute approximate surface area is 107 Å². The third-order valence-corrected chi connectivity index (χ3v) is 3.14. The van der Waals surface area contributed by atoms with Gasteiger partial charge in [0.25, 0.3) is 0 Å². The monoisotopic (exact) mass is 268 g/mol. The molecule has 0 bridgehead atoms. The second-order valence-corrected chi connectivity index (χ2v) is 4.69. The van der Waals surface area contributed by atoms with Crippen LogP contribution in [0, 0.1) is 0 Å². The quantitative estimate of drug-likeness (QED) is 0.894.